The monoisotopic (exact) mass is 452 g/mol. The molecule has 0 saturated carbocycles. The van der Waals surface area contributed by atoms with Crippen LogP contribution < -0.4 is 9.64 Å². The zero-order valence-electron chi connectivity index (χ0n) is 15.8. The molecule has 1 aromatic heterocycles. The van der Waals surface area contributed by atoms with Crippen molar-refractivity contribution in [2.24, 2.45) is 4.99 Å². The molecule has 1 aromatic carbocycles. The molecule has 4 rings (SSSR count). The minimum atomic E-state index is -4.76. The van der Waals surface area contributed by atoms with Crippen LogP contribution in [0.1, 0.15) is 6.92 Å². The molecule has 2 aliphatic heterocycles. The Hall–Kier alpha value is -2.66. The summed E-state index contributed by atoms with van der Waals surface area (Å²) in [6.07, 6.45) is -3.14. The van der Waals surface area contributed by atoms with Crippen molar-refractivity contribution >= 4 is 46.1 Å². The number of hydrogen-bond donors (Lipinski definition) is 0. The van der Waals surface area contributed by atoms with Gasteiger partial charge in [0.2, 0.25) is 0 Å². The van der Waals surface area contributed by atoms with E-state index in [1.54, 1.807) is 47.3 Å². The summed E-state index contributed by atoms with van der Waals surface area (Å²) in [6, 6.07) is 9.45. The van der Waals surface area contributed by atoms with Gasteiger partial charge in [0.1, 0.15) is 10.7 Å². The van der Waals surface area contributed by atoms with Crippen LogP contribution >= 0.6 is 23.5 Å². The number of aromatic nitrogens is 1. The van der Waals surface area contributed by atoms with Crippen molar-refractivity contribution in [2.75, 3.05) is 18.5 Å². The predicted molar refractivity (Wildman–Crippen MR) is 111 cm³/mol. The van der Waals surface area contributed by atoms with Crippen molar-refractivity contribution in [1.29, 1.82) is 0 Å². The van der Waals surface area contributed by atoms with Crippen molar-refractivity contribution in [3.05, 3.63) is 52.5 Å². The lowest BCUT2D eigenvalue weighted by Crippen LogP contribution is -2.29. The van der Waals surface area contributed by atoms with Crippen molar-refractivity contribution in [3.8, 4) is 5.75 Å². The Morgan fingerprint density at radius 3 is 2.67 bits per heavy atom. The zero-order valence-corrected chi connectivity index (χ0v) is 17.4. The van der Waals surface area contributed by atoms with E-state index in [2.05, 4.69) is 14.7 Å². The van der Waals surface area contributed by atoms with Gasteiger partial charge in [-0.25, -0.2) is 9.98 Å². The first-order valence-corrected chi connectivity index (χ1v) is 10.4. The summed E-state index contributed by atoms with van der Waals surface area (Å²) in [5, 5.41) is 1.14. The smallest absolute Gasteiger partial charge is 0.406 e. The number of hydrogen-bond acceptors (Lipinski definition) is 7. The maximum absolute atomic E-state index is 13.0. The Morgan fingerprint density at radius 2 is 2.00 bits per heavy atom. The van der Waals surface area contributed by atoms with Gasteiger partial charge in [-0.2, -0.15) is 0 Å². The molecule has 1 fully saturated rings. The molecule has 0 bridgehead atoms. The number of thioether (sulfide) groups is 2. The molecule has 0 aliphatic carbocycles. The summed E-state index contributed by atoms with van der Waals surface area (Å²) in [5.41, 5.74) is 0.698. The Labute approximate surface area is 178 Å². The number of carbonyl (C=O) groups excluding carboxylic acids is 1. The highest BCUT2D eigenvalue weighted by molar-refractivity contribution is 8.19. The molecule has 30 heavy (non-hydrogen) atoms. The van der Waals surface area contributed by atoms with Crippen molar-refractivity contribution in [3.63, 3.8) is 0 Å². The second kappa shape index (κ2) is 7.88. The van der Waals surface area contributed by atoms with Gasteiger partial charge in [0, 0.05) is 24.7 Å². The van der Waals surface area contributed by atoms with E-state index in [0.29, 0.717) is 38.0 Å². The van der Waals surface area contributed by atoms with Gasteiger partial charge in [-0.05, 0) is 49.0 Å². The van der Waals surface area contributed by atoms with E-state index in [1.807, 2.05) is 6.92 Å². The molecule has 0 atom stereocenters. The fourth-order valence-corrected chi connectivity index (χ4v) is 5.37. The molecule has 1 saturated heterocycles. The molecule has 11 heteroatoms. The molecular weight excluding hydrogens is 437 g/mol. The van der Waals surface area contributed by atoms with Gasteiger partial charge < -0.3 is 9.64 Å². The van der Waals surface area contributed by atoms with Gasteiger partial charge in [0.15, 0.2) is 11.0 Å². The van der Waals surface area contributed by atoms with Gasteiger partial charge in [0.05, 0.1) is 10.7 Å². The third-order valence-electron chi connectivity index (χ3n) is 4.27. The van der Waals surface area contributed by atoms with Crippen LogP contribution in [0.3, 0.4) is 0 Å². The third kappa shape index (κ3) is 3.99. The van der Waals surface area contributed by atoms with E-state index in [4.69, 9.17) is 0 Å². The van der Waals surface area contributed by atoms with E-state index >= 15 is 0 Å². The lowest BCUT2D eigenvalue weighted by atomic mass is 10.3. The molecule has 156 valence electrons. The number of fused-ring (bicyclic) bond motifs is 1. The number of pyridine rings is 1. The number of aliphatic imine (C=N–C) groups is 1. The van der Waals surface area contributed by atoms with Gasteiger partial charge in [-0.15, -0.1) is 13.2 Å². The van der Waals surface area contributed by atoms with Crippen molar-refractivity contribution in [1.82, 2.24) is 9.88 Å². The number of carbonyl (C=O) groups is 1. The second-order valence-corrected chi connectivity index (χ2v) is 8.21. The summed E-state index contributed by atoms with van der Waals surface area (Å²) in [4.78, 5) is 26.0. The number of anilines is 1. The first kappa shape index (κ1) is 20.6. The summed E-state index contributed by atoms with van der Waals surface area (Å²) >= 11 is 2.45. The van der Waals surface area contributed by atoms with Crippen LogP contribution in [0.4, 0.5) is 24.7 Å². The molecule has 0 unspecified atom stereocenters. The number of benzene rings is 1. The van der Waals surface area contributed by atoms with E-state index in [9.17, 15) is 18.0 Å². The van der Waals surface area contributed by atoms with Crippen LogP contribution in [0.25, 0.3) is 0 Å². The number of halogens is 3. The molecular formula is C19H15F3N4O2S2. The fourth-order valence-electron chi connectivity index (χ4n) is 2.95. The lowest BCUT2D eigenvalue weighted by Gasteiger charge is -2.15. The highest BCUT2D eigenvalue weighted by atomic mass is 32.2. The lowest BCUT2D eigenvalue weighted by molar-refractivity contribution is -0.274. The van der Waals surface area contributed by atoms with Crippen LogP contribution in [0, 0.1) is 0 Å². The van der Waals surface area contributed by atoms with E-state index in [1.165, 1.54) is 35.7 Å². The first-order chi connectivity index (χ1) is 14.3. The van der Waals surface area contributed by atoms with Crippen molar-refractivity contribution < 1.29 is 22.7 Å². The summed E-state index contributed by atoms with van der Waals surface area (Å²) < 4.78 is 41.6. The van der Waals surface area contributed by atoms with Crippen LogP contribution in [0.2, 0.25) is 0 Å². The minimum Gasteiger partial charge on any atom is -0.406 e. The zero-order chi connectivity index (χ0) is 21.5. The Bertz CT molecular complexity index is 1060. The highest BCUT2D eigenvalue weighted by Gasteiger charge is 2.39. The topological polar surface area (TPSA) is 58.0 Å². The largest absolute Gasteiger partial charge is 0.573 e. The summed E-state index contributed by atoms with van der Waals surface area (Å²) in [6.45, 7) is 2.28. The average Bonchev–Trinajstić information content (AvgIpc) is 3.17. The Balaban J connectivity index is 1.67. The van der Waals surface area contributed by atoms with E-state index < -0.39 is 6.36 Å². The highest BCUT2D eigenvalue weighted by Crippen LogP contribution is 2.51. The normalized spacial score (nSPS) is 20.3. The predicted octanol–water partition coefficient (Wildman–Crippen LogP) is 4.97. The summed E-state index contributed by atoms with van der Waals surface area (Å²) in [5.74, 6) is -0.0142. The standard InChI is InChI=1S/C19H15F3N4O2S2/c1-3-26-16(27)15(30-18(26)24-14-6-4-5-9-23-14)17-25(2)12-8-7-11(10-13(12)29-17)28-19(20,21)22/h4-10H,3H2,1-2H3/b17-15+,24-18-. The number of alkyl halides is 3. The number of amides is 1. The Kier molecular flexibility index (Phi) is 5.41. The molecule has 6 nitrogen and oxygen atoms in total. The average molecular weight is 452 g/mol. The number of likely N-dealkylation sites (N-methyl/N-ethyl adjacent to an activating group) is 1. The second-order valence-electron chi connectivity index (χ2n) is 6.21. The van der Waals surface area contributed by atoms with E-state index in [-0.39, 0.29) is 11.7 Å². The van der Waals surface area contributed by atoms with Crippen LogP contribution in [-0.2, 0) is 4.79 Å². The maximum atomic E-state index is 13.0. The third-order valence-corrected chi connectivity index (χ3v) is 6.68. The van der Waals surface area contributed by atoms with Gasteiger partial charge in [-0.3, -0.25) is 9.69 Å². The van der Waals surface area contributed by atoms with Gasteiger partial charge in [-0.1, -0.05) is 17.8 Å². The SMILES string of the molecule is CCN1C(=O)/C(=C2\Sc3cc(OC(F)(F)F)ccc3N2C)S/C1=N\c1ccccn1. The molecule has 0 N–H and O–H groups in total. The van der Waals surface area contributed by atoms with Crippen LogP contribution in [-0.4, -0.2) is 40.9 Å². The quantitative estimate of drug-likeness (QED) is 0.613. The number of rotatable bonds is 3. The number of nitrogens with zero attached hydrogens (tertiary/aromatic N) is 4. The molecule has 1 amide bonds. The van der Waals surface area contributed by atoms with E-state index in [0.717, 1.165) is 0 Å². The summed E-state index contributed by atoms with van der Waals surface area (Å²) in [7, 11) is 1.77. The molecule has 0 spiro atoms. The molecule has 3 heterocycles. The number of amidine groups is 1. The molecule has 0 radical (unpaired) electrons. The fraction of sp³-hybridized carbons (Fsp3) is 0.211. The van der Waals surface area contributed by atoms with Crippen LogP contribution in [0.5, 0.6) is 5.75 Å². The van der Waals surface area contributed by atoms with Crippen molar-refractivity contribution in [2.45, 2.75) is 18.2 Å². The number of ether oxygens (including phenoxy) is 1. The first-order valence-electron chi connectivity index (χ1n) is 8.82. The Morgan fingerprint density at radius 1 is 1.20 bits per heavy atom. The molecule has 2 aromatic rings. The van der Waals surface area contributed by atoms with Gasteiger partial charge in [0.25, 0.3) is 5.91 Å². The molecule has 2 aliphatic rings. The van der Waals surface area contributed by atoms with Gasteiger partial charge >= 0.3 is 6.36 Å². The maximum Gasteiger partial charge on any atom is 0.573 e. The minimum absolute atomic E-state index is 0.203. The van der Waals surface area contributed by atoms with Crippen LogP contribution in [0.15, 0.2) is 62.4 Å².